The minimum Gasteiger partial charge on any atom is -0.486 e. The number of pyridine rings is 1. The van der Waals surface area contributed by atoms with Gasteiger partial charge in [0.25, 0.3) is 5.91 Å². The maximum Gasteiger partial charge on any atom is 0.255 e. The first kappa shape index (κ1) is 17.9. The molecule has 0 saturated carbocycles. The molecular formula is C22H21N3O3. The number of hydrogen-bond acceptors (Lipinski definition) is 5. The van der Waals surface area contributed by atoms with Crippen LogP contribution in [0.1, 0.15) is 17.3 Å². The van der Waals surface area contributed by atoms with Gasteiger partial charge in [-0.1, -0.05) is 18.2 Å². The molecule has 0 aliphatic carbocycles. The van der Waals surface area contributed by atoms with Crippen LogP contribution < -0.4 is 19.7 Å². The smallest absolute Gasteiger partial charge is 0.255 e. The van der Waals surface area contributed by atoms with Crippen molar-refractivity contribution in [2.45, 2.75) is 6.92 Å². The lowest BCUT2D eigenvalue weighted by molar-refractivity contribution is 0.102. The van der Waals surface area contributed by atoms with Crippen molar-refractivity contribution in [2.24, 2.45) is 0 Å². The van der Waals surface area contributed by atoms with Gasteiger partial charge in [-0.2, -0.15) is 0 Å². The maximum absolute atomic E-state index is 12.8. The molecule has 0 bridgehead atoms. The highest BCUT2D eigenvalue weighted by Crippen LogP contribution is 2.32. The van der Waals surface area contributed by atoms with E-state index in [1.807, 2.05) is 30.3 Å². The monoisotopic (exact) mass is 375 g/mol. The molecule has 0 atom stereocenters. The lowest BCUT2D eigenvalue weighted by Crippen LogP contribution is -2.19. The van der Waals surface area contributed by atoms with Gasteiger partial charge in [0.15, 0.2) is 11.5 Å². The fourth-order valence-corrected chi connectivity index (χ4v) is 3.12. The molecule has 0 spiro atoms. The third kappa shape index (κ3) is 3.76. The molecule has 1 N–H and O–H groups in total. The molecule has 4 rings (SSSR count). The van der Waals surface area contributed by atoms with E-state index in [-0.39, 0.29) is 5.91 Å². The number of nitrogens with zero attached hydrogens (tertiary/aromatic N) is 2. The van der Waals surface area contributed by atoms with E-state index in [0.717, 1.165) is 18.1 Å². The van der Waals surface area contributed by atoms with E-state index < -0.39 is 0 Å². The van der Waals surface area contributed by atoms with Crippen LogP contribution in [0.4, 0.5) is 17.2 Å². The van der Waals surface area contributed by atoms with Gasteiger partial charge < -0.3 is 19.7 Å². The molecule has 2 heterocycles. The number of nitrogens with one attached hydrogen (secondary N) is 1. The Morgan fingerprint density at radius 3 is 2.61 bits per heavy atom. The molecule has 1 amide bonds. The Balaban J connectivity index is 1.54. The van der Waals surface area contributed by atoms with Gasteiger partial charge in [0.05, 0.1) is 0 Å². The number of fused-ring (bicyclic) bond motifs is 1. The quantitative estimate of drug-likeness (QED) is 0.722. The van der Waals surface area contributed by atoms with Crippen molar-refractivity contribution in [2.75, 3.05) is 30.0 Å². The molecule has 6 heteroatoms. The molecular weight excluding hydrogens is 354 g/mol. The minimum atomic E-state index is -0.204. The van der Waals surface area contributed by atoms with E-state index in [0.29, 0.717) is 36.0 Å². The molecule has 0 saturated heterocycles. The lowest BCUT2D eigenvalue weighted by Gasteiger charge is -2.22. The third-order valence-corrected chi connectivity index (χ3v) is 4.47. The van der Waals surface area contributed by atoms with Gasteiger partial charge in [-0.25, -0.2) is 4.98 Å². The second-order valence-corrected chi connectivity index (χ2v) is 6.30. The van der Waals surface area contributed by atoms with Crippen molar-refractivity contribution in [1.82, 2.24) is 4.98 Å². The summed E-state index contributed by atoms with van der Waals surface area (Å²) in [5.41, 5.74) is 2.22. The number of carbonyl (C=O) groups excluding carboxylic acids is 1. The number of aromatic nitrogens is 1. The Labute approximate surface area is 163 Å². The van der Waals surface area contributed by atoms with E-state index in [1.165, 1.54) is 0 Å². The van der Waals surface area contributed by atoms with E-state index in [1.54, 1.807) is 36.5 Å². The number of carbonyl (C=O) groups is 1. The highest BCUT2D eigenvalue weighted by Gasteiger charge is 2.15. The summed E-state index contributed by atoms with van der Waals surface area (Å²) in [6.07, 6.45) is 1.65. The van der Waals surface area contributed by atoms with Crippen LogP contribution in [0.3, 0.4) is 0 Å². The van der Waals surface area contributed by atoms with Crippen molar-refractivity contribution < 1.29 is 14.3 Å². The summed E-state index contributed by atoms with van der Waals surface area (Å²) in [4.78, 5) is 19.3. The number of rotatable bonds is 5. The predicted molar refractivity (Wildman–Crippen MR) is 109 cm³/mol. The molecule has 142 valence electrons. The molecule has 0 radical (unpaired) electrons. The van der Waals surface area contributed by atoms with Crippen LogP contribution in [0, 0.1) is 0 Å². The molecule has 1 aliphatic heterocycles. The number of ether oxygens (including phenoxy) is 2. The summed E-state index contributed by atoms with van der Waals surface area (Å²) in [7, 11) is 0. The van der Waals surface area contributed by atoms with Gasteiger partial charge in [-0.05, 0) is 43.3 Å². The third-order valence-electron chi connectivity index (χ3n) is 4.47. The summed E-state index contributed by atoms with van der Waals surface area (Å²) in [6.45, 7) is 3.83. The summed E-state index contributed by atoms with van der Waals surface area (Å²) in [5, 5.41) is 2.91. The van der Waals surface area contributed by atoms with Crippen LogP contribution in [-0.4, -0.2) is 30.6 Å². The summed E-state index contributed by atoms with van der Waals surface area (Å²) >= 11 is 0. The number of anilines is 3. The van der Waals surface area contributed by atoms with Crippen LogP contribution in [-0.2, 0) is 0 Å². The first-order chi connectivity index (χ1) is 13.7. The molecule has 0 fully saturated rings. The predicted octanol–water partition coefficient (Wildman–Crippen LogP) is 4.26. The Morgan fingerprint density at radius 2 is 1.82 bits per heavy atom. The largest absolute Gasteiger partial charge is 0.486 e. The Bertz CT molecular complexity index is 976. The Morgan fingerprint density at radius 1 is 1.04 bits per heavy atom. The van der Waals surface area contributed by atoms with Crippen molar-refractivity contribution in [3.8, 4) is 11.5 Å². The van der Waals surface area contributed by atoms with Crippen LogP contribution in [0.15, 0.2) is 66.9 Å². The van der Waals surface area contributed by atoms with E-state index in [4.69, 9.17) is 9.47 Å². The summed E-state index contributed by atoms with van der Waals surface area (Å²) in [6, 6.07) is 18.9. The van der Waals surface area contributed by atoms with Crippen LogP contribution >= 0.6 is 0 Å². The second kappa shape index (κ2) is 8.00. The normalized spacial score (nSPS) is 12.3. The zero-order chi connectivity index (χ0) is 19.3. The average molecular weight is 375 g/mol. The van der Waals surface area contributed by atoms with E-state index >= 15 is 0 Å². The molecule has 1 aromatic heterocycles. The van der Waals surface area contributed by atoms with Gasteiger partial charge >= 0.3 is 0 Å². The highest BCUT2D eigenvalue weighted by atomic mass is 16.6. The fourth-order valence-electron chi connectivity index (χ4n) is 3.12. The second-order valence-electron chi connectivity index (χ2n) is 6.30. The van der Waals surface area contributed by atoms with Crippen molar-refractivity contribution in [1.29, 1.82) is 0 Å². The van der Waals surface area contributed by atoms with Crippen molar-refractivity contribution in [3.05, 3.63) is 72.4 Å². The molecule has 0 unspecified atom stereocenters. The molecule has 1 aliphatic rings. The number of amides is 1. The summed E-state index contributed by atoms with van der Waals surface area (Å²) < 4.78 is 11.1. The maximum atomic E-state index is 12.8. The lowest BCUT2D eigenvalue weighted by atomic mass is 10.2. The summed E-state index contributed by atoms with van der Waals surface area (Å²) in [5.74, 6) is 1.85. The molecule has 3 aromatic rings. The SMILES string of the molecule is CCN(c1ccccc1)c1cc(C(=O)Nc2ccc3c(c2)OCCO3)ccn1. The zero-order valence-corrected chi connectivity index (χ0v) is 15.6. The molecule has 6 nitrogen and oxygen atoms in total. The Hall–Kier alpha value is -3.54. The highest BCUT2D eigenvalue weighted by molar-refractivity contribution is 6.04. The van der Waals surface area contributed by atoms with Gasteiger partial charge in [0.1, 0.15) is 19.0 Å². The fraction of sp³-hybridized carbons (Fsp3) is 0.182. The van der Waals surface area contributed by atoms with Gasteiger partial charge in [-0.3, -0.25) is 4.79 Å². The first-order valence-electron chi connectivity index (χ1n) is 9.24. The Kier molecular flexibility index (Phi) is 5.10. The van der Waals surface area contributed by atoms with Gasteiger partial charge in [-0.15, -0.1) is 0 Å². The van der Waals surface area contributed by atoms with E-state index in [2.05, 4.69) is 22.1 Å². The average Bonchev–Trinajstić information content (AvgIpc) is 2.75. The van der Waals surface area contributed by atoms with Crippen LogP contribution in [0.25, 0.3) is 0 Å². The topological polar surface area (TPSA) is 63.7 Å². The first-order valence-corrected chi connectivity index (χ1v) is 9.24. The molecule has 28 heavy (non-hydrogen) atoms. The van der Waals surface area contributed by atoms with E-state index in [9.17, 15) is 4.79 Å². The standard InChI is InChI=1S/C22H21N3O3/c1-2-25(18-6-4-3-5-7-18)21-14-16(10-11-23-21)22(26)24-17-8-9-19-20(15-17)28-13-12-27-19/h3-11,14-15H,2,12-13H2,1H3,(H,24,26). The van der Waals surface area contributed by atoms with Gasteiger partial charge in [0, 0.05) is 35.7 Å². The van der Waals surface area contributed by atoms with Crippen molar-refractivity contribution >= 4 is 23.1 Å². The van der Waals surface area contributed by atoms with Crippen LogP contribution in [0.5, 0.6) is 11.5 Å². The van der Waals surface area contributed by atoms with Crippen LogP contribution in [0.2, 0.25) is 0 Å². The number of benzene rings is 2. The number of hydrogen-bond donors (Lipinski definition) is 1. The zero-order valence-electron chi connectivity index (χ0n) is 15.6. The minimum absolute atomic E-state index is 0.204. The van der Waals surface area contributed by atoms with Gasteiger partial charge in [0.2, 0.25) is 0 Å². The molecule has 2 aromatic carbocycles. The van der Waals surface area contributed by atoms with Crippen molar-refractivity contribution in [3.63, 3.8) is 0 Å². The number of para-hydroxylation sites is 1.